The summed E-state index contributed by atoms with van der Waals surface area (Å²) in [6.45, 7) is 2.24. The number of nitrogen functional groups attached to an aromatic ring is 1. The van der Waals surface area contributed by atoms with E-state index in [1.165, 1.54) is 6.92 Å². The second-order valence-electron chi connectivity index (χ2n) is 7.26. The van der Waals surface area contributed by atoms with Gasteiger partial charge in [-0.15, -0.1) is 11.3 Å². The summed E-state index contributed by atoms with van der Waals surface area (Å²) in [6.07, 6.45) is 0.890. The smallest absolute Gasteiger partial charge is 0.255 e. The van der Waals surface area contributed by atoms with Crippen molar-refractivity contribution in [3.63, 3.8) is 0 Å². The topological polar surface area (TPSA) is 113 Å². The number of aryl methyl sites for hydroxylation is 1. The number of anilines is 2. The molecule has 166 valence electrons. The van der Waals surface area contributed by atoms with Crippen molar-refractivity contribution in [1.82, 2.24) is 10.6 Å². The third-order valence-corrected chi connectivity index (χ3v) is 5.70. The van der Waals surface area contributed by atoms with Crippen molar-refractivity contribution in [2.24, 2.45) is 0 Å². The summed E-state index contributed by atoms with van der Waals surface area (Å²) in [7, 11) is 0. The van der Waals surface area contributed by atoms with Crippen molar-refractivity contribution < 1.29 is 14.4 Å². The highest BCUT2D eigenvalue weighted by Gasteiger charge is 2.10. The van der Waals surface area contributed by atoms with Gasteiger partial charge >= 0.3 is 0 Å². The fourth-order valence-electron chi connectivity index (χ4n) is 3.06. The van der Waals surface area contributed by atoms with Crippen molar-refractivity contribution in [3.8, 4) is 10.4 Å². The van der Waals surface area contributed by atoms with Crippen LogP contribution >= 0.6 is 11.3 Å². The van der Waals surface area contributed by atoms with E-state index in [1.54, 1.807) is 29.5 Å². The maximum absolute atomic E-state index is 12.7. The number of nitrogens with two attached hydrogens (primary N) is 1. The maximum atomic E-state index is 12.7. The Morgan fingerprint density at radius 1 is 0.969 bits per heavy atom. The number of carbonyl (C=O) groups excluding carboxylic acids is 3. The van der Waals surface area contributed by atoms with Crippen LogP contribution in [-0.4, -0.2) is 30.8 Å². The largest absolute Gasteiger partial charge is 0.397 e. The van der Waals surface area contributed by atoms with Gasteiger partial charge in [0, 0.05) is 36.9 Å². The van der Waals surface area contributed by atoms with Gasteiger partial charge in [0.05, 0.1) is 11.4 Å². The Bertz CT molecular complexity index is 1080. The lowest BCUT2D eigenvalue weighted by atomic mass is 10.1. The van der Waals surface area contributed by atoms with Crippen LogP contribution in [0, 0.1) is 0 Å². The van der Waals surface area contributed by atoms with Crippen LogP contribution in [0.15, 0.2) is 60.0 Å². The molecule has 0 saturated heterocycles. The average molecular weight is 451 g/mol. The first kappa shape index (κ1) is 23.0. The fourth-order valence-corrected chi connectivity index (χ4v) is 3.79. The Balaban J connectivity index is 1.53. The van der Waals surface area contributed by atoms with Crippen molar-refractivity contribution in [2.45, 2.75) is 19.8 Å². The zero-order valence-electron chi connectivity index (χ0n) is 17.8. The number of thiophene rings is 1. The van der Waals surface area contributed by atoms with Gasteiger partial charge in [0.25, 0.3) is 5.91 Å². The van der Waals surface area contributed by atoms with Crippen LogP contribution in [0.3, 0.4) is 0 Å². The number of hydrogen-bond acceptors (Lipinski definition) is 5. The third-order valence-electron chi connectivity index (χ3n) is 4.79. The normalized spacial score (nSPS) is 10.4. The molecular formula is C24H26N4O3S. The zero-order valence-corrected chi connectivity index (χ0v) is 18.6. The highest BCUT2D eigenvalue weighted by molar-refractivity contribution is 7.13. The molecule has 5 N–H and O–H groups in total. The van der Waals surface area contributed by atoms with Gasteiger partial charge in [-0.1, -0.05) is 24.3 Å². The zero-order chi connectivity index (χ0) is 22.9. The molecule has 0 aliphatic rings. The summed E-state index contributed by atoms with van der Waals surface area (Å²) in [5.41, 5.74) is 9.58. The van der Waals surface area contributed by atoms with Gasteiger partial charge in [0.2, 0.25) is 11.8 Å². The number of nitrogens with one attached hydrogen (secondary N) is 3. The Morgan fingerprint density at radius 3 is 2.41 bits per heavy atom. The molecule has 0 saturated carbocycles. The molecule has 0 fully saturated rings. The molecular weight excluding hydrogens is 424 g/mol. The molecule has 0 aliphatic heterocycles. The Hall–Kier alpha value is -3.65. The van der Waals surface area contributed by atoms with Crippen molar-refractivity contribution in [1.29, 1.82) is 0 Å². The lowest BCUT2D eigenvalue weighted by Crippen LogP contribution is -2.33. The van der Waals surface area contributed by atoms with Crippen LogP contribution in [0.4, 0.5) is 11.4 Å². The van der Waals surface area contributed by atoms with E-state index < -0.39 is 0 Å². The van der Waals surface area contributed by atoms with E-state index >= 15 is 0 Å². The van der Waals surface area contributed by atoms with Gasteiger partial charge in [-0.25, -0.2) is 0 Å². The minimum atomic E-state index is -0.248. The summed E-state index contributed by atoms with van der Waals surface area (Å²) < 4.78 is 0. The fraction of sp³-hybridized carbons (Fsp3) is 0.208. The molecule has 0 aliphatic carbocycles. The molecule has 32 heavy (non-hydrogen) atoms. The van der Waals surface area contributed by atoms with Crippen LogP contribution in [0.5, 0.6) is 0 Å². The van der Waals surface area contributed by atoms with Gasteiger partial charge in [-0.05, 0) is 53.3 Å². The van der Waals surface area contributed by atoms with E-state index in [4.69, 9.17) is 5.73 Å². The van der Waals surface area contributed by atoms with E-state index in [0.717, 1.165) is 16.0 Å². The van der Waals surface area contributed by atoms with Crippen LogP contribution in [0.2, 0.25) is 0 Å². The Labute approximate surface area is 191 Å². The molecule has 0 bridgehead atoms. The lowest BCUT2D eigenvalue weighted by molar-refractivity contribution is -0.122. The predicted octanol–water partition coefficient (Wildman–Crippen LogP) is 3.43. The van der Waals surface area contributed by atoms with Gasteiger partial charge in [0.15, 0.2) is 0 Å². The molecule has 2 aromatic carbocycles. The molecule has 3 aromatic rings. The van der Waals surface area contributed by atoms with Crippen molar-refractivity contribution in [2.75, 3.05) is 24.1 Å². The third kappa shape index (κ3) is 6.68. The van der Waals surface area contributed by atoms with Gasteiger partial charge in [-0.3, -0.25) is 14.4 Å². The number of rotatable bonds is 9. The van der Waals surface area contributed by atoms with Crippen LogP contribution in [-0.2, 0) is 16.0 Å². The number of amides is 3. The molecule has 7 nitrogen and oxygen atoms in total. The molecule has 0 radical (unpaired) electrons. The molecule has 1 heterocycles. The van der Waals surface area contributed by atoms with E-state index in [9.17, 15) is 14.4 Å². The molecule has 3 rings (SSSR count). The molecule has 0 unspecified atom stereocenters. The minimum Gasteiger partial charge on any atom is -0.397 e. The van der Waals surface area contributed by atoms with Gasteiger partial charge in [-0.2, -0.15) is 0 Å². The Kier molecular flexibility index (Phi) is 7.99. The second-order valence-corrected chi connectivity index (χ2v) is 8.21. The van der Waals surface area contributed by atoms with E-state index in [-0.39, 0.29) is 17.7 Å². The standard InChI is InChI=1S/C24H26N4O3S/c1-16(29)26-12-13-27-23(30)11-6-17-4-7-18(8-5-17)24(31)28-21-15-19(9-10-20(21)25)22-3-2-14-32-22/h2-5,7-10,14-15H,6,11-13,25H2,1H3,(H,26,29)(H,27,30)(H,28,31). The lowest BCUT2D eigenvalue weighted by Gasteiger charge is -2.11. The van der Waals surface area contributed by atoms with Crippen LogP contribution in [0.1, 0.15) is 29.3 Å². The first-order valence-corrected chi connectivity index (χ1v) is 11.1. The molecule has 0 spiro atoms. The summed E-state index contributed by atoms with van der Waals surface area (Å²) in [4.78, 5) is 36.5. The molecule has 1 aromatic heterocycles. The Morgan fingerprint density at radius 2 is 1.72 bits per heavy atom. The van der Waals surface area contributed by atoms with E-state index in [0.29, 0.717) is 42.9 Å². The first-order valence-electron chi connectivity index (χ1n) is 10.3. The monoisotopic (exact) mass is 450 g/mol. The van der Waals surface area contributed by atoms with Gasteiger partial charge in [0.1, 0.15) is 0 Å². The van der Waals surface area contributed by atoms with Crippen LogP contribution < -0.4 is 21.7 Å². The maximum Gasteiger partial charge on any atom is 0.255 e. The predicted molar refractivity (Wildman–Crippen MR) is 129 cm³/mol. The second kappa shape index (κ2) is 11.1. The summed E-state index contributed by atoms with van der Waals surface area (Å²) >= 11 is 1.62. The summed E-state index contributed by atoms with van der Waals surface area (Å²) in [5, 5.41) is 10.3. The highest BCUT2D eigenvalue weighted by Crippen LogP contribution is 2.30. The van der Waals surface area contributed by atoms with Crippen molar-refractivity contribution >= 4 is 40.4 Å². The van der Waals surface area contributed by atoms with E-state index in [2.05, 4.69) is 16.0 Å². The number of hydrogen-bond donors (Lipinski definition) is 4. The summed E-state index contributed by atoms with van der Waals surface area (Å²) in [5.74, 6) is -0.457. The van der Waals surface area contributed by atoms with Gasteiger partial charge < -0.3 is 21.7 Å². The first-order chi connectivity index (χ1) is 15.4. The SMILES string of the molecule is CC(=O)NCCNC(=O)CCc1ccc(C(=O)Nc2cc(-c3cccs3)ccc2N)cc1. The van der Waals surface area contributed by atoms with Crippen molar-refractivity contribution in [3.05, 3.63) is 71.1 Å². The summed E-state index contributed by atoms with van der Waals surface area (Å²) in [6, 6.07) is 16.7. The minimum absolute atomic E-state index is 0.0849. The molecule has 0 atom stereocenters. The van der Waals surface area contributed by atoms with Crippen LogP contribution in [0.25, 0.3) is 10.4 Å². The average Bonchev–Trinajstić information content (AvgIpc) is 3.32. The number of benzene rings is 2. The quantitative estimate of drug-likeness (QED) is 0.295. The van der Waals surface area contributed by atoms with E-state index in [1.807, 2.05) is 41.8 Å². The highest BCUT2D eigenvalue weighted by atomic mass is 32.1. The molecule has 3 amide bonds. The number of carbonyl (C=O) groups is 3. The molecule has 8 heteroatoms.